The molecule has 88 valence electrons. The second kappa shape index (κ2) is 5.46. The van der Waals surface area contributed by atoms with Crippen molar-refractivity contribution >= 4 is 5.69 Å². The van der Waals surface area contributed by atoms with Crippen LogP contribution in [0, 0.1) is 10.1 Å². The normalized spacial score (nSPS) is 12.2. The van der Waals surface area contributed by atoms with Crippen LogP contribution in [0.3, 0.4) is 0 Å². The van der Waals surface area contributed by atoms with Crippen LogP contribution in [0.4, 0.5) is 5.69 Å². The monoisotopic (exact) mass is 225 g/mol. The summed E-state index contributed by atoms with van der Waals surface area (Å²) < 4.78 is 5.00. The lowest BCUT2D eigenvalue weighted by Crippen LogP contribution is -2.10. The molecule has 16 heavy (non-hydrogen) atoms. The van der Waals surface area contributed by atoms with Gasteiger partial charge in [0.1, 0.15) is 5.75 Å². The van der Waals surface area contributed by atoms with E-state index in [4.69, 9.17) is 4.74 Å². The van der Waals surface area contributed by atoms with Crippen molar-refractivity contribution in [2.45, 2.75) is 25.9 Å². The summed E-state index contributed by atoms with van der Waals surface area (Å²) in [5.41, 5.74) is 0.520. The molecule has 1 N–H and O–H groups in total. The van der Waals surface area contributed by atoms with E-state index in [2.05, 4.69) is 0 Å². The van der Waals surface area contributed by atoms with Crippen LogP contribution >= 0.6 is 0 Å². The maximum Gasteiger partial charge on any atom is 0.272 e. The highest BCUT2D eigenvalue weighted by Gasteiger charge is 2.16. The van der Waals surface area contributed by atoms with Gasteiger partial charge >= 0.3 is 0 Å². The number of hydrogen-bond donors (Lipinski definition) is 1. The predicted molar refractivity (Wildman–Crippen MR) is 59.7 cm³/mol. The largest absolute Gasteiger partial charge is 0.497 e. The molecule has 5 heteroatoms. The van der Waals surface area contributed by atoms with Crippen LogP contribution in [0.1, 0.15) is 18.9 Å². The number of nitro groups is 1. The molecule has 0 saturated heterocycles. The Morgan fingerprint density at radius 2 is 2.25 bits per heavy atom. The van der Waals surface area contributed by atoms with Crippen molar-refractivity contribution in [3.63, 3.8) is 0 Å². The van der Waals surface area contributed by atoms with Gasteiger partial charge in [0.25, 0.3) is 5.69 Å². The first-order chi connectivity index (χ1) is 7.58. The minimum atomic E-state index is -0.564. The molecule has 1 atom stereocenters. The van der Waals surface area contributed by atoms with Gasteiger partial charge in [-0.3, -0.25) is 10.1 Å². The van der Waals surface area contributed by atoms with Crippen LogP contribution < -0.4 is 4.74 Å². The zero-order valence-electron chi connectivity index (χ0n) is 9.34. The van der Waals surface area contributed by atoms with Gasteiger partial charge in [-0.25, -0.2) is 0 Å². The smallest absolute Gasteiger partial charge is 0.272 e. The number of rotatable bonds is 5. The minimum Gasteiger partial charge on any atom is -0.497 e. The third-order valence-electron chi connectivity index (χ3n) is 2.41. The van der Waals surface area contributed by atoms with Crippen molar-refractivity contribution in [2.24, 2.45) is 0 Å². The van der Waals surface area contributed by atoms with Crippen molar-refractivity contribution in [3.8, 4) is 5.75 Å². The maximum atomic E-state index is 10.8. The van der Waals surface area contributed by atoms with Crippen molar-refractivity contribution in [1.29, 1.82) is 0 Å². The summed E-state index contributed by atoms with van der Waals surface area (Å²) in [6, 6.07) is 4.54. The second-order valence-corrected chi connectivity index (χ2v) is 3.52. The highest BCUT2D eigenvalue weighted by molar-refractivity contribution is 5.45. The Bertz CT molecular complexity index is 378. The summed E-state index contributed by atoms with van der Waals surface area (Å²) >= 11 is 0. The molecule has 5 nitrogen and oxygen atoms in total. The standard InChI is InChI=1S/C11H15NO4/c1-3-9(13)6-8-7-10(16-2)4-5-11(8)12(14)15/h4-5,7,9,13H,3,6H2,1-2H3. The average molecular weight is 225 g/mol. The first-order valence-corrected chi connectivity index (χ1v) is 5.07. The zero-order valence-corrected chi connectivity index (χ0v) is 9.34. The van der Waals surface area contributed by atoms with E-state index >= 15 is 0 Å². The molecule has 1 aromatic rings. The van der Waals surface area contributed by atoms with Crippen LogP contribution in [0.25, 0.3) is 0 Å². The van der Waals surface area contributed by atoms with Crippen molar-refractivity contribution in [1.82, 2.24) is 0 Å². The molecular formula is C11H15NO4. The van der Waals surface area contributed by atoms with Crippen LogP contribution in [0.5, 0.6) is 5.75 Å². The number of methoxy groups -OCH3 is 1. The van der Waals surface area contributed by atoms with Crippen LogP contribution in [0.2, 0.25) is 0 Å². The molecule has 1 unspecified atom stereocenters. The average Bonchev–Trinajstić information content (AvgIpc) is 2.28. The Labute approximate surface area is 93.8 Å². The quantitative estimate of drug-likeness (QED) is 0.613. The van der Waals surface area contributed by atoms with Crippen LogP contribution in [-0.2, 0) is 6.42 Å². The van der Waals surface area contributed by atoms with Crippen molar-refractivity contribution in [3.05, 3.63) is 33.9 Å². The van der Waals surface area contributed by atoms with Crippen molar-refractivity contribution in [2.75, 3.05) is 7.11 Å². The Balaban J connectivity index is 3.05. The third-order valence-corrected chi connectivity index (χ3v) is 2.41. The number of nitro benzene ring substituents is 1. The lowest BCUT2D eigenvalue weighted by Gasteiger charge is -2.09. The van der Waals surface area contributed by atoms with E-state index in [1.165, 1.54) is 13.2 Å². The molecule has 0 bridgehead atoms. The van der Waals surface area contributed by atoms with Gasteiger partial charge in [-0.05, 0) is 18.6 Å². The lowest BCUT2D eigenvalue weighted by molar-refractivity contribution is -0.385. The summed E-state index contributed by atoms with van der Waals surface area (Å²) in [6.45, 7) is 1.83. The Morgan fingerprint density at radius 1 is 1.56 bits per heavy atom. The van der Waals surface area contributed by atoms with E-state index in [-0.39, 0.29) is 12.1 Å². The molecule has 0 aliphatic heterocycles. The fourth-order valence-electron chi connectivity index (χ4n) is 1.43. The van der Waals surface area contributed by atoms with Gasteiger partial charge in [-0.1, -0.05) is 6.92 Å². The van der Waals surface area contributed by atoms with E-state index in [1.807, 2.05) is 6.92 Å². The fraction of sp³-hybridized carbons (Fsp3) is 0.455. The van der Waals surface area contributed by atoms with E-state index < -0.39 is 11.0 Å². The third kappa shape index (κ3) is 2.93. The molecule has 0 heterocycles. The van der Waals surface area contributed by atoms with Gasteiger partial charge in [0.2, 0.25) is 0 Å². The highest BCUT2D eigenvalue weighted by atomic mass is 16.6. The summed E-state index contributed by atoms with van der Waals surface area (Å²) in [6.07, 6.45) is 0.268. The fourth-order valence-corrected chi connectivity index (χ4v) is 1.43. The molecule has 0 aromatic heterocycles. The summed E-state index contributed by atoms with van der Waals surface area (Å²) in [5, 5.41) is 20.3. The second-order valence-electron chi connectivity index (χ2n) is 3.52. The van der Waals surface area contributed by atoms with E-state index in [0.29, 0.717) is 17.7 Å². The molecule has 0 fully saturated rings. The first-order valence-electron chi connectivity index (χ1n) is 5.07. The van der Waals surface area contributed by atoms with Gasteiger partial charge < -0.3 is 9.84 Å². The molecule has 0 aliphatic rings. The lowest BCUT2D eigenvalue weighted by atomic mass is 10.0. The molecular weight excluding hydrogens is 210 g/mol. The Hall–Kier alpha value is -1.62. The SMILES string of the molecule is CCC(O)Cc1cc(OC)ccc1[N+](=O)[O-]. The molecule has 1 aromatic carbocycles. The molecule has 0 aliphatic carbocycles. The Morgan fingerprint density at radius 3 is 2.75 bits per heavy atom. The van der Waals surface area contributed by atoms with E-state index in [0.717, 1.165) is 0 Å². The molecule has 0 saturated carbocycles. The highest BCUT2D eigenvalue weighted by Crippen LogP contribution is 2.25. The maximum absolute atomic E-state index is 10.8. The van der Waals surface area contributed by atoms with Gasteiger partial charge in [0.15, 0.2) is 0 Å². The molecule has 1 rings (SSSR count). The van der Waals surface area contributed by atoms with Gasteiger partial charge in [-0.15, -0.1) is 0 Å². The van der Waals surface area contributed by atoms with Gasteiger partial charge in [0.05, 0.1) is 18.1 Å². The molecule has 0 amide bonds. The summed E-state index contributed by atoms with van der Waals surface area (Å²) in [7, 11) is 1.50. The summed E-state index contributed by atoms with van der Waals surface area (Å²) in [4.78, 5) is 10.3. The van der Waals surface area contributed by atoms with Crippen LogP contribution in [0.15, 0.2) is 18.2 Å². The Kier molecular flexibility index (Phi) is 4.25. The number of aliphatic hydroxyl groups is 1. The number of ether oxygens (including phenoxy) is 1. The molecule has 0 radical (unpaired) electrons. The number of aliphatic hydroxyl groups excluding tert-OH is 1. The van der Waals surface area contributed by atoms with Crippen LogP contribution in [-0.4, -0.2) is 23.2 Å². The first kappa shape index (κ1) is 12.4. The zero-order chi connectivity index (χ0) is 12.1. The summed E-state index contributed by atoms with van der Waals surface area (Å²) in [5.74, 6) is 0.559. The van der Waals surface area contributed by atoms with E-state index in [9.17, 15) is 15.2 Å². The number of benzene rings is 1. The minimum absolute atomic E-state index is 0.0216. The number of hydrogen-bond acceptors (Lipinski definition) is 4. The van der Waals surface area contributed by atoms with Gasteiger partial charge in [0, 0.05) is 18.1 Å². The predicted octanol–water partition coefficient (Wildman–Crippen LogP) is 1.92. The van der Waals surface area contributed by atoms with Crippen molar-refractivity contribution < 1.29 is 14.8 Å². The molecule has 0 spiro atoms. The van der Waals surface area contributed by atoms with E-state index in [1.54, 1.807) is 12.1 Å². The van der Waals surface area contributed by atoms with Gasteiger partial charge in [-0.2, -0.15) is 0 Å². The number of nitrogens with zero attached hydrogens (tertiary/aromatic N) is 1. The topological polar surface area (TPSA) is 72.6 Å².